The Kier molecular flexibility index (Phi) is 6.76. The molecule has 4 aliphatic carbocycles. The summed E-state index contributed by atoms with van der Waals surface area (Å²) in [6, 6.07) is 4.39. The number of Topliss-reactive ketones (excluding diaryl/α,β-unsaturated/α-hetero) is 1. The quantitative estimate of drug-likeness (QED) is 0.280. The fourth-order valence-corrected chi connectivity index (χ4v) is 9.32. The van der Waals surface area contributed by atoms with Crippen LogP contribution in [0.15, 0.2) is 48.1 Å². The predicted molar refractivity (Wildman–Crippen MR) is 143 cm³/mol. The topological polar surface area (TPSA) is 130 Å². The number of halogens is 5. The molecule has 240 valence electrons. The molecule has 0 aromatic heterocycles. The highest BCUT2D eigenvalue weighted by atomic mass is 32.2. The van der Waals surface area contributed by atoms with Crippen LogP contribution in [0.2, 0.25) is 0 Å². The van der Waals surface area contributed by atoms with Crippen LogP contribution in [-0.2, 0) is 24.5 Å². The van der Waals surface area contributed by atoms with Crippen LogP contribution in [-0.4, -0.2) is 72.4 Å². The predicted octanol–water partition coefficient (Wildman–Crippen LogP) is 3.51. The van der Waals surface area contributed by atoms with E-state index >= 15 is 8.78 Å². The summed E-state index contributed by atoms with van der Waals surface area (Å²) >= 11 is 0. The molecule has 3 saturated carbocycles. The molecule has 9 nitrogen and oxygen atoms in total. The van der Waals surface area contributed by atoms with Crippen molar-refractivity contribution in [3.8, 4) is 5.75 Å². The van der Waals surface area contributed by atoms with Crippen molar-refractivity contribution in [2.45, 2.75) is 62.2 Å². The van der Waals surface area contributed by atoms with Crippen molar-refractivity contribution in [3.63, 3.8) is 0 Å². The summed E-state index contributed by atoms with van der Waals surface area (Å²) in [6.07, 6.45) is -0.290. The van der Waals surface area contributed by atoms with E-state index in [-0.39, 0.29) is 37.1 Å². The fraction of sp³-hybridized carbons (Fsp3) is 0.586. The zero-order chi connectivity index (χ0) is 32.3. The first-order chi connectivity index (χ1) is 20.4. The Morgan fingerprint density at radius 1 is 1.16 bits per heavy atom. The number of anilines is 1. The highest BCUT2D eigenvalue weighted by Gasteiger charge is 2.79. The van der Waals surface area contributed by atoms with Gasteiger partial charge in [-0.3, -0.25) is 19.5 Å². The number of aliphatic hydroxyl groups excluding tert-OH is 2. The Labute approximate surface area is 249 Å². The Morgan fingerprint density at radius 2 is 1.82 bits per heavy atom. The summed E-state index contributed by atoms with van der Waals surface area (Å²) < 4.78 is 98.2. The van der Waals surface area contributed by atoms with E-state index in [9.17, 15) is 41.4 Å². The first kappa shape index (κ1) is 31.1. The van der Waals surface area contributed by atoms with E-state index < -0.39 is 91.7 Å². The number of rotatable bonds is 5. The Hall–Kier alpha value is -2.88. The van der Waals surface area contributed by atoms with Crippen molar-refractivity contribution in [2.75, 3.05) is 18.2 Å². The van der Waals surface area contributed by atoms with Gasteiger partial charge in [0, 0.05) is 22.7 Å². The second-order valence-electron chi connectivity index (χ2n) is 12.7. The molecule has 0 spiro atoms. The van der Waals surface area contributed by atoms with Crippen LogP contribution < -0.4 is 9.25 Å². The average molecular weight is 648 g/mol. The molecule has 15 heteroatoms. The van der Waals surface area contributed by atoms with Gasteiger partial charge in [0.25, 0.3) is 0 Å². The number of nitrogens with zero attached hydrogens (tertiary/aromatic N) is 1. The van der Waals surface area contributed by atoms with Crippen LogP contribution in [0, 0.1) is 28.6 Å². The highest BCUT2D eigenvalue weighted by Crippen LogP contribution is 2.72. The molecule has 0 bridgehead atoms. The third-order valence-electron chi connectivity index (χ3n) is 10.8. The standard InChI is InChI=1S/C29H30F5NO8S/c1-25-8-7-17(37)10-21(25)22(30)11-20-19-9-15-13-35(16-3-5-18(6-4-16)42-44(40,41)29(32,33)34)43-28(15,24(39)14-36)26(19,2)12-23(38)27(20,25)31/h3-8,10,15,19-20,22-23,36,38H,9,11-14H2,1-2H3/t15-,19-,20-,22-,23-,25-,26-,27-,28-/m0/s1. The third-order valence-corrected chi connectivity index (χ3v) is 11.8. The number of fused-ring (bicyclic) bond motifs is 7. The Balaban J connectivity index is 1.34. The van der Waals surface area contributed by atoms with E-state index in [1.165, 1.54) is 30.2 Å². The minimum Gasteiger partial charge on any atom is -0.390 e. The number of carbonyl (C=O) groups is 2. The lowest BCUT2D eigenvalue weighted by molar-refractivity contribution is -0.228. The third kappa shape index (κ3) is 3.88. The van der Waals surface area contributed by atoms with Crippen molar-refractivity contribution in [1.82, 2.24) is 0 Å². The van der Waals surface area contributed by atoms with Crippen LogP contribution in [0.3, 0.4) is 0 Å². The second-order valence-corrected chi connectivity index (χ2v) is 14.3. The Bertz CT molecular complexity index is 1580. The number of alkyl halides is 5. The van der Waals surface area contributed by atoms with E-state index in [2.05, 4.69) is 4.18 Å². The Morgan fingerprint density at radius 3 is 2.43 bits per heavy atom. The summed E-state index contributed by atoms with van der Waals surface area (Å²) in [6.45, 7) is 2.17. The maximum Gasteiger partial charge on any atom is 0.534 e. The van der Waals surface area contributed by atoms with Gasteiger partial charge in [-0.1, -0.05) is 13.0 Å². The van der Waals surface area contributed by atoms with Crippen molar-refractivity contribution < 1.29 is 59.2 Å². The highest BCUT2D eigenvalue weighted by molar-refractivity contribution is 7.88. The van der Waals surface area contributed by atoms with E-state index in [0.29, 0.717) is 0 Å². The molecule has 2 N–H and O–H groups in total. The van der Waals surface area contributed by atoms with Crippen LogP contribution in [0.4, 0.5) is 27.6 Å². The number of hydroxylamine groups is 1. The van der Waals surface area contributed by atoms with Gasteiger partial charge in [-0.2, -0.15) is 21.6 Å². The van der Waals surface area contributed by atoms with Gasteiger partial charge in [0.15, 0.2) is 22.8 Å². The largest absolute Gasteiger partial charge is 0.534 e. The number of hydrogen-bond donors (Lipinski definition) is 2. The van der Waals surface area contributed by atoms with Gasteiger partial charge in [-0.05, 0) is 74.1 Å². The van der Waals surface area contributed by atoms with Gasteiger partial charge in [0.05, 0.1) is 18.3 Å². The van der Waals surface area contributed by atoms with Gasteiger partial charge in [0.2, 0.25) is 0 Å². The summed E-state index contributed by atoms with van der Waals surface area (Å²) in [5.74, 6) is -4.25. The van der Waals surface area contributed by atoms with Crippen molar-refractivity contribution in [2.24, 2.45) is 28.6 Å². The molecule has 1 heterocycles. The molecule has 6 rings (SSSR count). The number of allylic oxidation sites excluding steroid dienone is 4. The van der Waals surface area contributed by atoms with Crippen molar-refractivity contribution in [1.29, 1.82) is 0 Å². The first-order valence-electron chi connectivity index (χ1n) is 14.0. The molecule has 0 amide bonds. The second kappa shape index (κ2) is 9.56. The zero-order valence-corrected chi connectivity index (χ0v) is 24.4. The van der Waals surface area contributed by atoms with Crippen LogP contribution in [0.1, 0.15) is 33.1 Å². The smallest absolute Gasteiger partial charge is 0.390 e. The molecule has 0 radical (unpaired) electrons. The molecule has 1 saturated heterocycles. The molecule has 0 unspecified atom stereocenters. The van der Waals surface area contributed by atoms with E-state index in [0.717, 1.165) is 24.3 Å². The number of carbonyl (C=O) groups excluding carboxylic acids is 2. The van der Waals surface area contributed by atoms with Gasteiger partial charge in [-0.15, -0.1) is 0 Å². The lowest BCUT2D eigenvalue weighted by Crippen LogP contribution is -2.70. The first-order valence-corrected chi connectivity index (χ1v) is 15.4. The average Bonchev–Trinajstić information content (AvgIpc) is 3.44. The molecule has 9 atom stereocenters. The molecule has 1 aromatic rings. The lowest BCUT2D eigenvalue weighted by Gasteiger charge is -2.63. The maximum atomic E-state index is 17.5. The van der Waals surface area contributed by atoms with Gasteiger partial charge < -0.3 is 14.4 Å². The molecular weight excluding hydrogens is 617 g/mol. The van der Waals surface area contributed by atoms with Gasteiger partial charge in [0.1, 0.15) is 18.5 Å². The van der Waals surface area contributed by atoms with Crippen molar-refractivity contribution >= 4 is 27.4 Å². The minimum atomic E-state index is -5.90. The zero-order valence-electron chi connectivity index (χ0n) is 23.6. The summed E-state index contributed by atoms with van der Waals surface area (Å²) in [5.41, 5.74) is -12.5. The molecular formula is C29H30F5NO8S. The summed E-state index contributed by atoms with van der Waals surface area (Å²) in [7, 11) is -5.90. The van der Waals surface area contributed by atoms with Crippen LogP contribution in [0.25, 0.3) is 0 Å². The number of benzene rings is 1. The molecule has 4 fully saturated rings. The SMILES string of the molecule is C[C@]12C=CC(=O)C=C1[C@@H](F)C[C@H]1[C@@H]3C[C@H]4CN(c5ccc(OS(=O)(=O)C(F)(F)F)cc5)O[C@@]4(C(=O)CO)[C@@]3(C)C[C@H](O)[C@@]12F. The molecule has 1 aliphatic heterocycles. The van der Waals surface area contributed by atoms with Crippen molar-refractivity contribution in [3.05, 3.63) is 48.1 Å². The number of aliphatic hydroxyl groups is 2. The van der Waals surface area contributed by atoms with Gasteiger partial charge in [-0.25, -0.2) is 8.78 Å². The monoisotopic (exact) mass is 647 g/mol. The van der Waals surface area contributed by atoms with E-state index in [4.69, 9.17) is 4.84 Å². The van der Waals surface area contributed by atoms with E-state index in [1.807, 2.05) is 0 Å². The normalized spacial score (nSPS) is 41.4. The lowest BCUT2D eigenvalue weighted by atomic mass is 9.44. The number of hydrogen-bond acceptors (Lipinski definition) is 9. The molecule has 44 heavy (non-hydrogen) atoms. The maximum absolute atomic E-state index is 17.5. The summed E-state index contributed by atoms with van der Waals surface area (Å²) in [4.78, 5) is 32.0. The van der Waals surface area contributed by atoms with Gasteiger partial charge >= 0.3 is 15.6 Å². The fourth-order valence-electron chi connectivity index (χ4n) is 8.86. The molecule has 1 aromatic carbocycles. The minimum absolute atomic E-state index is 0.0108. The molecule has 5 aliphatic rings. The summed E-state index contributed by atoms with van der Waals surface area (Å²) in [5, 5.41) is 22.9. The van der Waals surface area contributed by atoms with Crippen LogP contribution in [0.5, 0.6) is 5.75 Å². The van der Waals surface area contributed by atoms with E-state index in [1.54, 1.807) is 6.92 Å². The van der Waals surface area contributed by atoms with Crippen LogP contribution >= 0.6 is 0 Å². The number of ketones is 2.